The Balaban J connectivity index is 2.53. The molecule has 1 heteroatoms. The molecule has 88 valence electrons. The van der Waals surface area contributed by atoms with Crippen LogP contribution < -0.4 is 5.73 Å². The zero-order chi connectivity index (χ0) is 12.5. The monoisotopic (exact) mass is 233 g/mol. The SMILES string of the molecule is C=C[C@H](N)c1c2ccccc2cc2ccccc12. The van der Waals surface area contributed by atoms with Crippen LogP contribution in [0.2, 0.25) is 0 Å². The molecular formula is C17H15N. The van der Waals surface area contributed by atoms with Gasteiger partial charge < -0.3 is 5.73 Å². The van der Waals surface area contributed by atoms with Gasteiger partial charge in [-0.2, -0.15) is 0 Å². The number of benzene rings is 3. The highest BCUT2D eigenvalue weighted by atomic mass is 14.6. The largest absolute Gasteiger partial charge is 0.321 e. The number of nitrogens with two attached hydrogens (primary N) is 1. The molecule has 0 aromatic heterocycles. The van der Waals surface area contributed by atoms with Gasteiger partial charge in [-0.25, -0.2) is 0 Å². The average Bonchev–Trinajstić information content (AvgIpc) is 2.44. The van der Waals surface area contributed by atoms with Crippen LogP contribution in [0, 0.1) is 0 Å². The van der Waals surface area contributed by atoms with E-state index in [4.69, 9.17) is 5.73 Å². The first-order valence-electron chi connectivity index (χ1n) is 6.10. The van der Waals surface area contributed by atoms with Crippen molar-refractivity contribution in [1.29, 1.82) is 0 Å². The van der Waals surface area contributed by atoms with E-state index in [0.717, 1.165) is 0 Å². The van der Waals surface area contributed by atoms with Gasteiger partial charge in [0.05, 0.1) is 0 Å². The van der Waals surface area contributed by atoms with Crippen LogP contribution >= 0.6 is 0 Å². The molecule has 0 amide bonds. The summed E-state index contributed by atoms with van der Waals surface area (Å²) in [6.45, 7) is 3.83. The lowest BCUT2D eigenvalue weighted by Crippen LogP contribution is -2.07. The second kappa shape index (κ2) is 4.28. The van der Waals surface area contributed by atoms with Crippen LogP contribution in [0.4, 0.5) is 0 Å². The van der Waals surface area contributed by atoms with Crippen molar-refractivity contribution >= 4 is 21.5 Å². The quantitative estimate of drug-likeness (QED) is 0.521. The fourth-order valence-electron chi connectivity index (χ4n) is 2.53. The van der Waals surface area contributed by atoms with E-state index < -0.39 is 0 Å². The van der Waals surface area contributed by atoms with Gasteiger partial charge in [0.25, 0.3) is 0 Å². The molecule has 0 radical (unpaired) electrons. The molecule has 2 N–H and O–H groups in total. The summed E-state index contributed by atoms with van der Waals surface area (Å²) in [5.74, 6) is 0. The minimum Gasteiger partial charge on any atom is -0.321 e. The van der Waals surface area contributed by atoms with E-state index in [0.29, 0.717) is 0 Å². The summed E-state index contributed by atoms with van der Waals surface area (Å²) in [6, 6.07) is 18.8. The lowest BCUT2D eigenvalue weighted by Gasteiger charge is -2.15. The molecule has 0 saturated carbocycles. The van der Waals surface area contributed by atoms with Crippen LogP contribution in [0.25, 0.3) is 21.5 Å². The summed E-state index contributed by atoms with van der Waals surface area (Å²) in [7, 11) is 0. The van der Waals surface area contributed by atoms with E-state index in [1.807, 2.05) is 0 Å². The molecule has 0 saturated heterocycles. The molecule has 3 aromatic carbocycles. The Morgan fingerprint density at radius 3 is 1.89 bits per heavy atom. The van der Waals surface area contributed by atoms with E-state index in [9.17, 15) is 0 Å². The highest BCUT2D eigenvalue weighted by Crippen LogP contribution is 2.32. The van der Waals surface area contributed by atoms with Gasteiger partial charge in [-0.3, -0.25) is 0 Å². The molecule has 0 bridgehead atoms. The summed E-state index contributed by atoms with van der Waals surface area (Å²) in [4.78, 5) is 0. The van der Waals surface area contributed by atoms with Crippen molar-refractivity contribution < 1.29 is 0 Å². The molecule has 0 aliphatic carbocycles. The van der Waals surface area contributed by atoms with Gasteiger partial charge in [0.2, 0.25) is 0 Å². The Morgan fingerprint density at radius 2 is 1.39 bits per heavy atom. The van der Waals surface area contributed by atoms with Gasteiger partial charge in [0.1, 0.15) is 0 Å². The molecule has 3 aromatic rings. The minimum absolute atomic E-state index is 0.138. The molecule has 3 rings (SSSR count). The van der Waals surface area contributed by atoms with Crippen LogP contribution in [0.15, 0.2) is 67.3 Å². The van der Waals surface area contributed by atoms with E-state index in [1.165, 1.54) is 27.1 Å². The number of hydrogen-bond donors (Lipinski definition) is 1. The predicted octanol–water partition coefficient (Wildman–Crippen LogP) is 4.18. The molecule has 18 heavy (non-hydrogen) atoms. The minimum atomic E-state index is -0.138. The van der Waals surface area contributed by atoms with Crippen molar-refractivity contribution in [3.05, 3.63) is 72.8 Å². The smallest absolute Gasteiger partial charge is 0.0490 e. The zero-order valence-electron chi connectivity index (χ0n) is 10.1. The van der Waals surface area contributed by atoms with Gasteiger partial charge in [-0.05, 0) is 33.2 Å². The van der Waals surface area contributed by atoms with Crippen molar-refractivity contribution in [2.24, 2.45) is 5.73 Å². The maximum atomic E-state index is 6.21. The first-order valence-corrected chi connectivity index (χ1v) is 6.10. The molecule has 1 nitrogen and oxygen atoms in total. The van der Waals surface area contributed by atoms with Crippen LogP contribution in [0.3, 0.4) is 0 Å². The Kier molecular flexibility index (Phi) is 2.62. The third-order valence-corrected chi connectivity index (χ3v) is 3.40. The van der Waals surface area contributed by atoms with Crippen LogP contribution in [0.5, 0.6) is 0 Å². The normalized spacial score (nSPS) is 12.7. The van der Waals surface area contributed by atoms with Gasteiger partial charge in [0.15, 0.2) is 0 Å². The maximum absolute atomic E-state index is 6.21. The van der Waals surface area contributed by atoms with Gasteiger partial charge in [-0.1, -0.05) is 54.6 Å². The fourth-order valence-corrected chi connectivity index (χ4v) is 2.53. The molecule has 0 fully saturated rings. The third kappa shape index (κ3) is 1.60. The fraction of sp³-hybridized carbons (Fsp3) is 0.0588. The topological polar surface area (TPSA) is 26.0 Å². The number of hydrogen-bond acceptors (Lipinski definition) is 1. The van der Waals surface area contributed by atoms with Crippen LogP contribution in [-0.4, -0.2) is 0 Å². The highest BCUT2D eigenvalue weighted by Gasteiger charge is 2.11. The van der Waals surface area contributed by atoms with Gasteiger partial charge in [-0.15, -0.1) is 6.58 Å². The van der Waals surface area contributed by atoms with Crippen LogP contribution in [-0.2, 0) is 0 Å². The molecular weight excluding hydrogens is 218 g/mol. The van der Waals surface area contributed by atoms with Crippen molar-refractivity contribution in [3.63, 3.8) is 0 Å². The van der Waals surface area contributed by atoms with Crippen molar-refractivity contribution in [3.8, 4) is 0 Å². The molecule has 1 atom stereocenters. The number of fused-ring (bicyclic) bond motifs is 2. The lowest BCUT2D eigenvalue weighted by molar-refractivity contribution is 0.935. The lowest BCUT2D eigenvalue weighted by atomic mass is 9.92. The Bertz CT molecular complexity index is 674. The summed E-state index contributed by atoms with van der Waals surface area (Å²) >= 11 is 0. The molecule has 0 aliphatic rings. The number of rotatable bonds is 2. The van der Waals surface area contributed by atoms with Gasteiger partial charge >= 0.3 is 0 Å². The van der Waals surface area contributed by atoms with Gasteiger partial charge in [0, 0.05) is 6.04 Å². The maximum Gasteiger partial charge on any atom is 0.0490 e. The van der Waals surface area contributed by atoms with E-state index in [1.54, 1.807) is 6.08 Å². The highest BCUT2D eigenvalue weighted by molar-refractivity contribution is 6.02. The van der Waals surface area contributed by atoms with E-state index >= 15 is 0 Å². The summed E-state index contributed by atoms with van der Waals surface area (Å²) in [6.07, 6.45) is 1.80. The first kappa shape index (κ1) is 11.0. The first-order chi connectivity index (χ1) is 8.81. The van der Waals surface area contributed by atoms with E-state index in [-0.39, 0.29) is 6.04 Å². The second-order valence-corrected chi connectivity index (χ2v) is 4.49. The third-order valence-electron chi connectivity index (χ3n) is 3.40. The second-order valence-electron chi connectivity index (χ2n) is 4.49. The Morgan fingerprint density at radius 1 is 0.889 bits per heavy atom. The molecule has 0 unspecified atom stereocenters. The predicted molar refractivity (Wildman–Crippen MR) is 78.6 cm³/mol. The van der Waals surface area contributed by atoms with Crippen LogP contribution in [0.1, 0.15) is 11.6 Å². The van der Waals surface area contributed by atoms with E-state index in [2.05, 4.69) is 61.2 Å². The van der Waals surface area contributed by atoms with Crippen molar-refractivity contribution in [1.82, 2.24) is 0 Å². The average molecular weight is 233 g/mol. The molecule has 0 aliphatic heterocycles. The standard InChI is InChI=1S/C17H15N/c1-2-16(18)17-14-9-5-3-7-12(14)11-13-8-4-6-10-15(13)17/h2-11,16H,1,18H2/t16-/m0/s1. The molecule has 0 spiro atoms. The summed E-state index contributed by atoms with van der Waals surface area (Å²) in [5.41, 5.74) is 7.37. The van der Waals surface area contributed by atoms with Crippen molar-refractivity contribution in [2.45, 2.75) is 6.04 Å². The zero-order valence-corrected chi connectivity index (χ0v) is 10.1. The Hall–Kier alpha value is -2.12. The summed E-state index contributed by atoms with van der Waals surface area (Å²) < 4.78 is 0. The van der Waals surface area contributed by atoms with Crippen molar-refractivity contribution in [2.75, 3.05) is 0 Å². The molecule has 0 heterocycles. The summed E-state index contributed by atoms with van der Waals surface area (Å²) in [5, 5.41) is 4.87. The Labute approximate surface area is 107 Å².